The van der Waals surface area contributed by atoms with E-state index in [-0.39, 0.29) is 16.4 Å². The van der Waals surface area contributed by atoms with Crippen LogP contribution in [0.1, 0.15) is 25.3 Å². The zero-order chi connectivity index (χ0) is 20.5. The van der Waals surface area contributed by atoms with Crippen LogP contribution in [0.5, 0.6) is 0 Å². The number of aliphatic hydroxyl groups excluding tert-OH is 1. The van der Waals surface area contributed by atoms with Gasteiger partial charge in [0, 0.05) is 11.4 Å². The van der Waals surface area contributed by atoms with Crippen molar-refractivity contribution in [2.45, 2.75) is 36.8 Å². The van der Waals surface area contributed by atoms with E-state index in [1.54, 1.807) is 48.5 Å². The number of rotatable bonds is 6. The van der Waals surface area contributed by atoms with Gasteiger partial charge in [-0.2, -0.15) is 0 Å². The zero-order valence-electron chi connectivity index (χ0n) is 15.7. The fourth-order valence-electron chi connectivity index (χ4n) is 3.06. The number of benzene rings is 2. The number of sulfone groups is 1. The highest BCUT2D eigenvalue weighted by atomic mass is 32.2. The van der Waals surface area contributed by atoms with E-state index in [1.165, 1.54) is 0 Å². The maximum absolute atomic E-state index is 12.5. The van der Waals surface area contributed by atoms with Crippen molar-refractivity contribution in [3.05, 3.63) is 54.1 Å². The Kier molecular flexibility index (Phi) is 5.69. The Morgan fingerprint density at radius 3 is 2.04 bits per heavy atom. The van der Waals surface area contributed by atoms with Crippen LogP contribution in [-0.2, 0) is 19.9 Å². The summed E-state index contributed by atoms with van der Waals surface area (Å²) in [6.45, 7) is 4.08. The van der Waals surface area contributed by atoms with Crippen LogP contribution in [-0.4, -0.2) is 45.6 Å². The highest BCUT2D eigenvalue weighted by Gasteiger charge is 2.36. The molecule has 0 amide bonds. The number of aliphatic hydroxyl groups is 1. The monoisotopic (exact) mass is 424 g/mol. The van der Waals surface area contributed by atoms with Crippen LogP contribution in [0.25, 0.3) is 0 Å². The lowest BCUT2D eigenvalue weighted by atomic mass is 10.0. The molecule has 1 aliphatic heterocycles. The van der Waals surface area contributed by atoms with Gasteiger partial charge in [0.1, 0.15) is 0 Å². The number of nitrogens with one attached hydrogen (secondary N) is 2. The van der Waals surface area contributed by atoms with E-state index in [9.17, 15) is 21.9 Å². The van der Waals surface area contributed by atoms with Crippen LogP contribution < -0.4 is 10.0 Å². The fourth-order valence-corrected chi connectivity index (χ4v) is 5.86. The first kappa shape index (κ1) is 20.6. The van der Waals surface area contributed by atoms with E-state index in [0.29, 0.717) is 17.3 Å². The summed E-state index contributed by atoms with van der Waals surface area (Å²) >= 11 is 0. The molecule has 7 nitrogen and oxygen atoms in total. The third-order valence-corrected chi connectivity index (χ3v) is 7.78. The van der Waals surface area contributed by atoms with Gasteiger partial charge in [-0.25, -0.2) is 16.8 Å². The summed E-state index contributed by atoms with van der Waals surface area (Å²) in [7, 11) is -6.95. The van der Waals surface area contributed by atoms with Crippen LogP contribution in [0.4, 0.5) is 11.4 Å². The first-order valence-corrected chi connectivity index (χ1v) is 12.2. The molecule has 2 aromatic rings. The van der Waals surface area contributed by atoms with Crippen molar-refractivity contribution >= 4 is 31.2 Å². The Bertz CT molecular complexity index is 1030. The molecule has 1 saturated heterocycles. The number of hydrogen-bond donors (Lipinski definition) is 3. The van der Waals surface area contributed by atoms with Crippen molar-refractivity contribution in [2.24, 2.45) is 0 Å². The number of anilines is 2. The third kappa shape index (κ3) is 4.84. The Balaban J connectivity index is 1.68. The second-order valence-electron chi connectivity index (χ2n) is 7.30. The van der Waals surface area contributed by atoms with E-state index in [4.69, 9.17) is 0 Å². The average molecular weight is 425 g/mol. The lowest BCUT2D eigenvalue weighted by molar-refractivity contribution is 0.190. The molecule has 2 aromatic carbocycles. The number of sulfonamides is 1. The van der Waals surface area contributed by atoms with Gasteiger partial charge in [0.2, 0.25) is 0 Å². The van der Waals surface area contributed by atoms with Crippen molar-refractivity contribution in [3.8, 4) is 0 Å². The second kappa shape index (κ2) is 7.73. The summed E-state index contributed by atoms with van der Waals surface area (Å²) in [6, 6.07) is 12.6. The summed E-state index contributed by atoms with van der Waals surface area (Å²) in [5, 5.41) is 12.8. The summed E-state index contributed by atoms with van der Waals surface area (Å²) in [4.78, 5) is 0.179. The quantitative estimate of drug-likeness (QED) is 0.655. The molecule has 1 fully saturated rings. The molecule has 1 aliphatic rings. The molecule has 3 N–H and O–H groups in total. The van der Waals surface area contributed by atoms with Gasteiger partial charge in [0.15, 0.2) is 9.84 Å². The summed E-state index contributed by atoms with van der Waals surface area (Å²) in [5.41, 5.74) is 2.05. The molecule has 9 heteroatoms. The third-order valence-electron chi connectivity index (χ3n) is 4.67. The van der Waals surface area contributed by atoms with Crippen LogP contribution >= 0.6 is 0 Å². The predicted molar refractivity (Wildman–Crippen MR) is 110 cm³/mol. The Hall–Kier alpha value is -2.10. The van der Waals surface area contributed by atoms with Crippen LogP contribution in [0.2, 0.25) is 0 Å². The molecule has 0 unspecified atom stereocenters. The first-order chi connectivity index (χ1) is 13.1. The maximum Gasteiger partial charge on any atom is 0.261 e. The molecule has 28 heavy (non-hydrogen) atoms. The van der Waals surface area contributed by atoms with Gasteiger partial charge in [-0.05, 0) is 47.9 Å². The molecule has 0 saturated carbocycles. The molecule has 2 atom stereocenters. The van der Waals surface area contributed by atoms with E-state index in [0.717, 1.165) is 5.56 Å². The topological polar surface area (TPSA) is 113 Å². The van der Waals surface area contributed by atoms with Crippen molar-refractivity contribution in [3.63, 3.8) is 0 Å². The van der Waals surface area contributed by atoms with Crippen LogP contribution in [0.15, 0.2) is 53.4 Å². The molecular formula is C19H24N2O5S2. The van der Waals surface area contributed by atoms with Gasteiger partial charge >= 0.3 is 0 Å². The lowest BCUT2D eigenvalue weighted by Crippen LogP contribution is -2.31. The molecule has 0 spiro atoms. The minimum Gasteiger partial charge on any atom is -0.390 e. The minimum atomic E-state index is -3.70. The van der Waals surface area contributed by atoms with Crippen molar-refractivity contribution in [1.29, 1.82) is 0 Å². The SMILES string of the molecule is CC(C)c1ccc(S(=O)(=O)Nc2ccc(N[C@@H]3CS(=O)(=O)C[C@H]3O)cc2)cc1. The molecule has 0 aromatic heterocycles. The highest BCUT2D eigenvalue weighted by molar-refractivity contribution is 7.92. The minimum absolute atomic E-state index is 0.130. The molecular weight excluding hydrogens is 400 g/mol. The summed E-state index contributed by atoms with van der Waals surface area (Å²) < 4.78 is 50.7. The van der Waals surface area contributed by atoms with Crippen LogP contribution in [0, 0.1) is 0 Å². The van der Waals surface area contributed by atoms with Crippen molar-refractivity contribution in [2.75, 3.05) is 21.5 Å². The van der Waals surface area contributed by atoms with E-state index in [2.05, 4.69) is 10.0 Å². The molecule has 0 bridgehead atoms. The van der Waals surface area contributed by atoms with Gasteiger partial charge < -0.3 is 10.4 Å². The van der Waals surface area contributed by atoms with Gasteiger partial charge in [0.05, 0.1) is 28.5 Å². The predicted octanol–water partition coefficient (Wildman–Crippen LogP) is 2.18. The normalized spacial score (nSPS) is 21.6. The van der Waals surface area contributed by atoms with Gasteiger partial charge in [-0.3, -0.25) is 4.72 Å². The van der Waals surface area contributed by atoms with E-state index < -0.39 is 32.0 Å². The summed E-state index contributed by atoms with van der Waals surface area (Å²) in [6.07, 6.45) is -0.961. The fraction of sp³-hybridized carbons (Fsp3) is 0.368. The maximum atomic E-state index is 12.5. The Labute approximate surface area is 165 Å². The van der Waals surface area contributed by atoms with Crippen LogP contribution in [0.3, 0.4) is 0 Å². The number of hydrogen-bond acceptors (Lipinski definition) is 6. The Morgan fingerprint density at radius 2 is 1.54 bits per heavy atom. The van der Waals surface area contributed by atoms with Gasteiger partial charge in [0.25, 0.3) is 10.0 Å². The average Bonchev–Trinajstić information content (AvgIpc) is 2.88. The van der Waals surface area contributed by atoms with E-state index >= 15 is 0 Å². The highest BCUT2D eigenvalue weighted by Crippen LogP contribution is 2.23. The van der Waals surface area contributed by atoms with Crippen molar-refractivity contribution < 1.29 is 21.9 Å². The van der Waals surface area contributed by atoms with E-state index in [1.807, 2.05) is 13.8 Å². The molecule has 1 heterocycles. The lowest BCUT2D eigenvalue weighted by Gasteiger charge is -2.16. The smallest absolute Gasteiger partial charge is 0.261 e. The first-order valence-electron chi connectivity index (χ1n) is 8.94. The largest absolute Gasteiger partial charge is 0.390 e. The van der Waals surface area contributed by atoms with Gasteiger partial charge in [-0.15, -0.1) is 0 Å². The molecule has 3 rings (SSSR count). The van der Waals surface area contributed by atoms with Gasteiger partial charge in [-0.1, -0.05) is 26.0 Å². The Morgan fingerprint density at radius 1 is 0.964 bits per heavy atom. The molecule has 152 valence electrons. The zero-order valence-corrected chi connectivity index (χ0v) is 17.3. The summed E-state index contributed by atoms with van der Waals surface area (Å²) in [5.74, 6) is -0.0642. The standard InChI is InChI=1S/C19H24N2O5S2/c1-13(2)14-3-9-17(10-4-14)28(25,26)21-16-7-5-15(6-8-16)20-18-11-27(23,24)12-19(18)22/h3-10,13,18-22H,11-12H2,1-2H3/t18-,19-/m1/s1. The molecule has 0 aliphatic carbocycles. The van der Waals surface area contributed by atoms with Crippen molar-refractivity contribution in [1.82, 2.24) is 0 Å². The second-order valence-corrected chi connectivity index (χ2v) is 11.1. The molecule has 0 radical (unpaired) electrons.